The van der Waals surface area contributed by atoms with Gasteiger partial charge in [-0.05, 0) is 31.2 Å². The van der Waals surface area contributed by atoms with E-state index in [0.29, 0.717) is 13.1 Å². The van der Waals surface area contributed by atoms with Gasteiger partial charge < -0.3 is 5.73 Å². The largest absolute Gasteiger partial charge is 0.368 e. The van der Waals surface area contributed by atoms with Gasteiger partial charge in [0.1, 0.15) is 6.04 Å². The van der Waals surface area contributed by atoms with E-state index < -0.39 is 11.9 Å². The number of likely N-dealkylation sites (N-methyl/N-ethyl adjacent to an activating group) is 1. The van der Waals surface area contributed by atoms with Crippen LogP contribution in [0.3, 0.4) is 0 Å². The summed E-state index contributed by atoms with van der Waals surface area (Å²) in [6.45, 7) is 4.98. The fourth-order valence-corrected chi connectivity index (χ4v) is 2.27. The normalized spacial score (nSPS) is 13.8. The summed E-state index contributed by atoms with van der Waals surface area (Å²) in [5, 5.41) is 8.91. The molecule has 1 rings (SSSR count). The SMILES string of the molecule is CCN(CC(C)C#N)C(C(N)=O)c1ccc(Br)cc1. The number of rotatable bonds is 6. The summed E-state index contributed by atoms with van der Waals surface area (Å²) >= 11 is 3.36. The molecule has 2 atom stereocenters. The van der Waals surface area contributed by atoms with Crippen LogP contribution in [0.4, 0.5) is 0 Å². The van der Waals surface area contributed by atoms with Crippen LogP contribution in [0.5, 0.6) is 0 Å². The molecule has 0 bridgehead atoms. The van der Waals surface area contributed by atoms with Gasteiger partial charge in [-0.25, -0.2) is 0 Å². The standard InChI is InChI=1S/C14H18BrN3O/c1-3-18(9-10(2)8-16)13(14(17)19)11-4-6-12(15)7-5-11/h4-7,10,13H,3,9H2,1-2H3,(H2,17,19). The maximum atomic E-state index is 11.7. The van der Waals surface area contributed by atoms with Crippen molar-refractivity contribution in [1.29, 1.82) is 5.26 Å². The lowest BCUT2D eigenvalue weighted by Crippen LogP contribution is -2.39. The number of hydrogen-bond donors (Lipinski definition) is 1. The minimum atomic E-state index is -0.492. The van der Waals surface area contributed by atoms with Crippen molar-refractivity contribution >= 4 is 21.8 Å². The molecule has 0 saturated carbocycles. The van der Waals surface area contributed by atoms with Crippen LogP contribution in [-0.4, -0.2) is 23.9 Å². The first-order valence-corrected chi connectivity index (χ1v) is 6.97. The van der Waals surface area contributed by atoms with E-state index in [2.05, 4.69) is 22.0 Å². The van der Waals surface area contributed by atoms with Crippen LogP contribution in [-0.2, 0) is 4.79 Å². The van der Waals surface area contributed by atoms with Crippen molar-refractivity contribution in [1.82, 2.24) is 4.90 Å². The van der Waals surface area contributed by atoms with Crippen LogP contribution in [0.2, 0.25) is 0 Å². The number of amides is 1. The minimum absolute atomic E-state index is 0.141. The molecule has 0 aliphatic carbocycles. The molecule has 19 heavy (non-hydrogen) atoms. The molecule has 4 nitrogen and oxygen atoms in total. The smallest absolute Gasteiger partial charge is 0.239 e. The van der Waals surface area contributed by atoms with E-state index in [0.717, 1.165) is 10.0 Å². The Bertz CT molecular complexity index is 467. The summed E-state index contributed by atoms with van der Waals surface area (Å²) in [5.74, 6) is -0.536. The van der Waals surface area contributed by atoms with Crippen molar-refractivity contribution in [2.45, 2.75) is 19.9 Å². The van der Waals surface area contributed by atoms with Crippen molar-refractivity contribution in [2.75, 3.05) is 13.1 Å². The number of halogens is 1. The fourth-order valence-electron chi connectivity index (χ4n) is 2.01. The maximum absolute atomic E-state index is 11.7. The van der Waals surface area contributed by atoms with Crippen LogP contribution >= 0.6 is 15.9 Å². The zero-order chi connectivity index (χ0) is 14.4. The fraction of sp³-hybridized carbons (Fsp3) is 0.429. The lowest BCUT2D eigenvalue weighted by atomic mass is 10.0. The molecule has 2 N–H and O–H groups in total. The average molecular weight is 324 g/mol. The Balaban J connectivity index is 3.01. The first kappa shape index (κ1) is 15.7. The third-order valence-corrected chi connectivity index (χ3v) is 3.48. The lowest BCUT2D eigenvalue weighted by molar-refractivity contribution is -0.123. The molecule has 2 unspecified atom stereocenters. The third kappa shape index (κ3) is 4.34. The second-order valence-corrected chi connectivity index (χ2v) is 5.39. The number of carbonyl (C=O) groups excluding carboxylic acids is 1. The van der Waals surface area contributed by atoms with E-state index in [1.807, 2.05) is 43.0 Å². The first-order chi connectivity index (χ1) is 8.99. The molecule has 0 fully saturated rings. The molecule has 0 aliphatic rings. The van der Waals surface area contributed by atoms with Crippen LogP contribution < -0.4 is 5.73 Å². The Hall–Kier alpha value is -1.38. The van der Waals surface area contributed by atoms with Gasteiger partial charge in [0.25, 0.3) is 0 Å². The predicted molar refractivity (Wildman–Crippen MR) is 78.1 cm³/mol. The third-order valence-electron chi connectivity index (χ3n) is 2.96. The molecule has 0 radical (unpaired) electrons. The van der Waals surface area contributed by atoms with Crippen LogP contribution in [0.25, 0.3) is 0 Å². The Morgan fingerprint density at radius 1 is 1.47 bits per heavy atom. The Morgan fingerprint density at radius 3 is 2.47 bits per heavy atom. The van der Waals surface area contributed by atoms with E-state index in [-0.39, 0.29) is 5.92 Å². The molecule has 1 aromatic carbocycles. The Labute approximate surface area is 122 Å². The second-order valence-electron chi connectivity index (χ2n) is 4.47. The number of hydrogen-bond acceptors (Lipinski definition) is 3. The van der Waals surface area contributed by atoms with Gasteiger partial charge in [-0.2, -0.15) is 5.26 Å². The predicted octanol–water partition coefficient (Wildman–Crippen LogP) is 2.46. The monoisotopic (exact) mass is 323 g/mol. The first-order valence-electron chi connectivity index (χ1n) is 6.18. The molecule has 0 heterocycles. The number of primary amides is 1. The number of benzene rings is 1. The van der Waals surface area contributed by atoms with Gasteiger partial charge in [-0.15, -0.1) is 0 Å². The van der Waals surface area contributed by atoms with Gasteiger partial charge in [0, 0.05) is 11.0 Å². The van der Waals surface area contributed by atoms with Crippen molar-refractivity contribution in [3.05, 3.63) is 34.3 Å². The molecule has 0 spiro atoms. The highest BCUT2D eigenvalue weighted by Crippen LogP contribution is 2.23. The molecular weight excluding hydrogens is 306 g/mol. The van der Waals surface area contributed by atoms with Gasteiger partial charge in [0.2, 0.25) is 5.91 Å². The molecular formula is C14H18BrN3O. The lowest BCUT2D eigenvalue weighted by Gasteiger charge is -2.29. The van der Waals surface area contributed by atoms with Gasteiger partial charge in [0.15, 0.2) is 0 Å². The average Bonchev–Trinajstić information content (AvgIpc) is 2.39. The highest BCUT2D eigenvalue weighted by Gasteiger charge is 2.25. The van der Waals surface area contributed by atoms with Crippen LogP contribution in [0, 0.1) is 17.2 Å². The van der Waals surface area contributed by atoms with E-state index in [4.69, 9.17) is 11.0 Å². The van der Waals surface area contributed by atoms with Crippen LogP contribution in [0.1, 0.15) is 25.5 Å². The van der Waals surface area contributed by atoms with Crippen molar-refractivity contribution < 1.29 is 4.79 Å². The zero-order valence-electron chi connectivity index (χ0n) is 11.1. The highest BCUT2D eigenvalue weighted by atomic mass is 79.9. The van der Waals surface area contributed by atoms with E-state index in [9.17, 15) is 4.79 Å². The molecule has 5 heteroatoms. The van der Waals surface area contributed by atoms with E-state index >= 15 is 0 Å². The van der Waals surface area contributed by atoms with Crippen LogP contribution in [0.15, 0.2) is 28.7 Å². The minimum Gasteiger partial charge on any atom is -0.368 e. The second kappa shape index (κ2) is 7.27. The summed E-state index contributed by atoms with van der Waals surface area (Å²) in [7, 11) is 0. The number of nitrogens with two attached hydrogens (primary N) is 1. The molecule has 1 aromatic rings. The molecule has 102 valence electrons. The number of nitrogens with zero attached hydrogens (tertiary/aromatic N) is 2. The molecule has 0 aromatic heterocycles. The topological polar surface area (TPSA) is 70.1 Å². The van der Waals surface area contributed by atoms with E-state index in [1.165, 1.54) is 0 Å². The summed E-state index contributed by atoms with van der Waals surface area (Å²) in [6, 6.07) is 9.20. The Morgan fingerprint density at radius 2 is 2.05 bits per heavy atom. The highest BCUT2D eigenvalue weighted by molar-refractivity contribution is 9.10. The quantitative estimate of drug-likeness (QED) is 0.874. The maximum Gasteiger partial charge on any atom is 0.239 e. The number of nitriles is 1. The van der Waals surface area contributed by atoms with E-state index in [1.54, 1.807) is 0 Å². The summed E-state index contributed by atoms with van der Waals surface area (Å²) in [4.78, 5) is 13.7. The molecule has 0 saturated heterocycles. The molecule has 1 amide bonds. The summed E-state index contributed by atoms with van der Waals surface area (Å²) < 4.78 is 0.952. The summed E-state index contributed by atoms with van der Waals surface area (Å²) in [5.41, 5.74) is 6.37. The van der Waals surface area contributed by atoms with Gasteiger partial charge >= 0.3 is 0 Å². The van der Waals surface area contributed by atoms with Gasteiger partial charge in [-0.1, -0.05) is 35.0 Å². The zero-order valence-corrected chi connectivity index (χ0v) is 12.7. The Kier molecular flexibility index (Phi) is 6.00. The van der Waals surface area contributed by atoms with Crippen molar-refractivity contribution in [3.63, 3.8) is 0 Å². The number of carbonyl (C=O) groups is 1. The van der Waals surface area contributed by atoms with Gasteiger partial charge in [0.05, 0.1) is 12.0 Å². The summed E-state index contributed by atoms with van der Waals surface area (Å²) in [6.07, 6.45) is 0. The van der Waals surface area contributed by atoms with Gasteiger partial charge in [-0.3, -0.25) is 9.69 Å². The molecule has 0 aliphatic heterocycles. The van der Waals surface area contributed by atoms with Crippen molar-refractivity contribution in [3.8, 4) is 6.07 Å². The van der Waals surface area contributed by atoms with Crippen molar-refractivity contribution in [2.24, 2.45) is 11.7 Å².